The molecule has 2 heterocycles. The van der Waals surface area contributed by atoms with Crippen LogP contribution in [0.4, 0.5) is 0 Å². The van der Waals surface area contributed by atoms with Crippen LogP contribution in [0.25, 0.3) is 72.3 Å². The summed E-state index contributed by atoms with van der Waals surface area (Å²) in [5, 5.41) is 1.59. The molecule has 8 rings (SSSR count). The van der Waals surface area contributed by atoms with Crippen molar-refractivity contribution in [3.63, 3.8) is 0 Å². The van der Waals surface area contributed by atoms with Crippen molar-refractivity contribution in [3.05, 3.63) is 144 Å². The molecule has 0 aliphatic heterocycles. The van der Waals surface area contributed by atoms with Crippen LogP contribution >= 0.6 is 0 Å². The van der Waals surface area contributed by atoms with Crippen molar-refractivity contribution in [2.75, 3.05) is 0 Å². The first kappa shape index (κ1) is 15.0. The van der Waals surface area contributed by atoms with E-state index in [9.17, 15) is 1.37 Å². The Bertz CT molecular complexity index is 2840. The van der Waals surface area contributed by atoms with Crippen LogP contribution in [0.5, 0.6) is 0 Å². The van der Waals surface area contributed by atoms with E-state index in [0.29, 0.717) is 27.8 Å². The molecule has 0 aliphatic rings. The number of nitrogens with zero attached hydrogens (tertiary/aromatic N) is 2. The number of fused-ring (bicyclic) bond motifs is 4. The van der Waals surface area contributed by atoms with Gasteiger partial charge in [-0.25, -0.2) is 4.98 Å². The third-order valence-electron chi connectivity index (χ3n) is 7.46. The van der Waals surface area contributed by atoms with Gasteiger partial charge in [-0.15, -0.1) is 0 Å². The zero-order valence-corrected chi connectivity index (χ0v) is 22.3. The predicted molar refractivity (Wildman–Crippen MR) is 174 cm³/mol. The zero-order valence-electron chi connectivity index (χ0n) is 34.3. The molecule has 3 nitrogen and oxygen atoms in total. The lowest BCUT2D eigenvalue weighted by Gasteiger charge is -2.15. The van der Waals surface area contributed by atoms with E-state index in [1.165, 1.54) is 4.57 Å². The third kappa shape index (κ3) is 3.86. The molecule has 0 atom stereocenters. The van der Waals surface area contributed by atoms with Crippen molar-refractivity contribution < 1.29 is 20.9 Å². The van der Waals surface area contributed by atoms with Crippen molar-refractivity contribution in [1.82, 2.24) is 9.55 Å². The quantitative estimate of drug-likeness (QED) is 0.217. The molecule has 0 radical (unpaired) electrons. The van der Waals surface area contributed by atoms with Crippen molar-refractivity contribution in [2.24, 2.45) is 0 Å². The fourth-order valence-electron chi connectivity index (χ4n) is 5.60. The standard InChI is InChI=1S/C39H28N2O/c1-25-19-21-27(22-20-25)29-23-26(2)37-31-14-10-15-32(38(31)42-36(37)24-29)39-40-33-16-7-9-18-35(33)41(39)34-17-8-6-13-30(34)28-11-4-3-5-12-28/h3-24H,1-2H3/i1D3,3D,4D,5D,6D,8D,11D,12D,13D,17D. The molecule has 2 aromatic heterocycles. The van der Waals surface area contributed by atoms with E-state index in [1.807, 2.05) is 31.2 Å². The van der Waals surface area contributed by atoms with Crippen molar-refractivity contribution in [3.8, 4) is 39.3 Å². The van der Waals surface area contributed by atoms with Gasteiger partial charge in [0.15, 0.2) is 0 Å². The Balaban J connectivity index is 1.44. The smallest absolute Gasteiger partial charge is 0.149 e. The SMILES string of the molecule is [2H]c1c([2H])c([2H])c(-c2c([2H])c([2H])c([2H])c([2H])c2-n2c(-c3cccc4c3oc3cc(-c5ccc(C([2H])([2H])[2H])cc5)cc(C)c34)nc3ccccc32)c([2H])c1[2H]. The summed E-state index contributed by atoms with van der Waals surface area (Å²) in [6, 6.07) is 17.6. The molecule has 0 spiro atoms. The molecule has 0 fully saturated rings. The molecule has 0 saturated heterocycles. The van der Waals surface area contributed by atoms with E-state index in [2.05, 4.69) is 0 Å². The molecular formula is C39H28N2O. The Morgan fingerprint density at radius 1 is 0.738 bits per heavy atom. The third-order valence-corrected chi connectivity index (χ3v) is 7.46. The normalized spacial score (nSPS) is 15.9. The van der Waals surface area contributed by atoms with Gasteiger partial charge in [0.1, 0.15) is 17.0 Å². The molecule has 42 heavy (non-hydrogen) atoms. The first-order valence-corrected chi connectivity index (χ1v) is 13.3. The van der Waals surface area contributed by atoms with Crippen LogP contribution in [0.1, 0.15) is 27.6 Å². The Morgan fingerprint density at radius 3 is 2.40 bits per heavy atom. The second-order valence-corrected chi connectivity index (χ2v) is 10.0. The lowest BCUT2D eigenvalue weighted by atomic mass is 9.98. The molecule has 0 amide bonds. The van der Waals surface area contributed by atoms with Crippen LogP contribution in [0.3, 0.4) is 0 Å². The van der Waals surface area contributed by atoms with Crippen LogP contribution in [0, 0.1) is 13.8 Å². The molecule has 0 saturated carbocycles. The lowest BCUT2D eigenvalue weighted by Crippen LogP contribution is -2.00. The minimum Gasteiger partial charge on any atom is -0.455 e. The van der Waals surface area contributed by atoms with Gasteiger partial charge in [-0.05, 0) is 66.3 Å². The van der Waals surface area contributed by atoms with Crippen LogP contribution in [0.15, 0.2) is 138 Å². The molecule has 0 unspecified atom stereocenters. The summed E-state index contributed by atoms with van der Waals surface area (Å²) < 4.78 is 109. The highest BCUT2D eigenvalue weighted by Gasteiger charge is 2.22. The number of hydrogen-bond acceptors (Lipinski definition) is 2. The van der Waals surface area contributed by atoms with E-state index < -0.39 is 61.2 Å². The van der Waals surface area contributed by atoms with Crippen LogP contribution < -0.4 is 0 Å². The van der Waals surface area contributed by atoms with Crippen LogP contribution in [-0.4, -0.2) is 9.55 Å². The average molecular weight is 553 g/mol. The van der Waals surface area contributed by atoms with Gasteiger partial charge in [0.25, 0.3) is 0 Å². The Kier molecular flexibility index (Phi) is 3.43. The summed E-state index contributed by atoms with van der Waals surface area (Å²) in [7, 11) is 0. The first-order chi connectivity index (χ1) is 25.6. The highest BCUT2D eigenvalue weighted by atomic mass is 16.3. The number of hydrogen-bond donors (Lipinski definition) is 0. The van der Waals surface area contributed by atoms with Gasteiger partial charge in [0.05, 0.1) is 34.6 Å². The highest BCUT2D eigenvalue weighted by molar-refractivity contribution is 6.11. The first-order valence-electron chi connectivity index (χ1n) is 19.3. The second-order valence-electron chi connectivity index (χ2n) is 10.0. The number of rotatable bonds is 4. The monoisotopic (exact) mass is 552 g/mol. The number of imidazole rings is 1. The van der Waals surface area contributed by atoms with Gasteiger partial charge < -0.3 is 4.42 Å². The minimum atomic E-state index is -2.23. The van der Waals surface area contributed by atoms with E-state index in [-0.39, 0.29) is 28.2 Å². The molecule has 3 heteroatoms. The summed E-state index contributed by atoms with van der Waals surface area (Å²) in [4.78, 5) is 4.95. The molecule has 0 bridgehead atoms. The predicted octanol–water partition coefficient (Wildman–Crippen LogP) is 10.5. The van der Waals surface area contributed by atoms with Gasteiger partial charge in [-0.1, -0.05) is 109 Å². The molecule has 0 N–H and O–H groups in total. The summed E-state index contributed by atoms with van der Waals surface area (Å²) in [6.45, 7) is -0.278. The molecule has 6 aromatic carbocycles. The van der Waals surface area contributed by atoms with Gasteiger partial charge in [0, 0.05) is 20.4 Å². The maximum atomic E-state index is 9.21. The van der Waals surface area contributed by atoms with E-state index in [4.69, 9.17) is 24.5 Å². The van der Waals surface area contributed by atoms with Crippen LogP contribution in [-0.2, 0) is 0 Å². The number of para-hydroxylation sites is 4. The van der Waals surface area contributed by atoms with Gasteiger partial charge >= 0.3 is 0 Å². The number of benzene rings is 6. The van der Waals surface area contributed by atoms with Crippen molar-refractivity contribution >= 4 is 33.0 Å². The fourth-order valence-corrected chi connectivity index (χ4v) is 5.60. The van der Waals surface area contributed by atoms with Gasteiger partial charge in [-0.2, -0.15) is 0 Å². The average Bonchev–Trinajstić information content (AvgIpc) is 3.73. The summed E-state index contributed by atoms with van der Waals surface area (Å²) in [5.74, 6) is 0.234. The Labute approximate surface area is 261 Å². The van der Waals surface area contributed by atoms with Gasteiger partial charge in [0.2, 0.25) is 0 Å². The summed E-state index contributed by atoms with van der Waals surface area (Å²) in [5.41, 5.74) is 4.33. The van der Waals surface area contributed by atoms with E-state index >= 15 is 0 Å². The van der Waals surface area contributed by atoms with Crippen molar-refractivity contribution in [2.45, 2.75) is 13.8 Å². The van der Waals surface area contributed by atoms with E-state index in [1.54, 1.807) is 54.6 Å². The van der Waals surface area contributed by atoms with Crippen LogP contribution in [0.2, 0.25) is 0 Å². The molecular weight excluding hydrogens is 512 g/mol. The lowest BCUT2D eigenvalue weighted by molar-refractivity contribution is 0.669. The highest BCUT2D eigenvalue weighted by Crippen LogP contribution is 2.41. The largest absolute Gasteiger partial charge is 0.455 e. The molecule has 8 aromatic rings. The molecule has 0 aliphatic carbocycles. The topological polar surface area (TPSA) is 31.0 Å². The fraction of sp³-hybridized carbons (Fsp3) is 0.0513. The maximum Gasteiger partial charge on any atom is 0.149 e. The number of aromatic nitrogens is 2. The second kappa shape index (κ2) is 9.60. The summed E-state index contributed by atoms with van der Waals surface area (Å²) >= 11 is 0. The Hall–Kier alpha value is -5.41. The Morgan fingerprint density at radius 2 is 1.55 bits per heavy atom. The minimum absolute atomic E-state index is 0.143. The number of aryl methyl sites for hydroxylation is 2. The van der Waals surface area contributed by atoms with E-state index in [0.717, 1.165) is 27.5 Å². The molecule has 200 valence electrons. The zero-order chi connectivity index (χ0) is 38.5. The number of furan rings is 1. The van der Waals surface area contributed by atoms with Gasteiger partial charge in [-0.3, -0.25) is 4.57 Å². The maximum absolute atomic E-state index is 9.21. The van der Waals surface area contributed by atoms with Crippen molar-refractivity contribution in [1.29, 1.82) is 0 Å². The summed E-state index contributed by atoms with van der Waals surface area (Å²) in [6.07, 6.45) is 0.